The second kappa shape index (κ2) is 7.94. The predicted molar refractivity (Wildman–Crippen MR) is 118 cm³/mol. The van der Waals surface area contributed by atoms with Crippen LogP contribution in [-0.2, 0) is 0 Å². The molecule has 0 aliphatic heterocycles. The van der Waals surface area contributed by atoms with Crippen molar-refractivity contribution in [3.8, 4) is 34.1 Å². The number of ether oxygens (including phenoxy) is 3. The topological polar surface area (TPSA) is 53.7 Å². The van der Waals surface area contributed by atoms with Gasteiger partial charge in [0.25, 0.3) is 0 Å². The van der Waals surface area contributed by atoms with Gasteiger partial charge in [-0.05, 0) is 71.6 Å². The summed E-state index contributed by atoms with van der Waals surface area (Å²) < 4.78 is 17.1. The van der Waals surface area contributed by atoms with E-state index in [4.69, 9.17) is 31.5 Å². The number of fused-ring (bicyclic) bond motifs is 1. The summed E-state index contributed by atoms with van der Waals surface area (Å²) in [6.07, 6.45) is 0. The lowest BCUT2D eigenvalue weighted by molar-refractivity contribution is 0.415. The molecule has 5 heteroatoms. The highest BCUT2D eigenvalue weighted by Gasteiger charge is 2.15. The van der Waals surface area contributed by atoms with E-state index < -0.39 is 0 Å². The molecule has 4 aromatic rings. The van der Waals surface area contributed by atoms with Gasteiger partial charge in [0.05, 0.1) is 19.2 Å². The molecule has 0 spiro atoms. The Labute approximate surface area is 174 Å². The Hall–Kier alpha value is -3.37. The van der Waals surface area contributed by atoms with E-state index in [1.165, 1.54) is 0 Å². The summed E-state index contributed by atoms with van der Waals surface area (Å²) in [7, 11) is 3.25. The van der Waals surface area contributed by atoms with Crippen LogP contribution in [0.5, 0.6) is 23.0 Å². The fraction of sp³-hybridized carbons (Fsp3) is 0.0833. The average Bonchev–Trinajstić information content (AvgIpc) is 2.75. The van der Waals surface area contributed by atoms with Crippen molar-refractivity contribution < 1.29 is 14.2 Å². The lowest BCUT2D eigenvalue weighted by Gasteiger charge is -2.16. The van der Waals surface area contributed by atoms with Crippen molar-refractivity contribution in [2.24, 2.45) is 0 Å². The highest BCUT2D eigenvalue weighted by atomic mass is 35.5. The Kier molecular flexibility index (Phi) is 5.19. The van der Waals surface area contributed by atoms with Gasteiger partial charge < -0.3 is 19.9 Å². The van der Waals surface area contributed by atoms with Gasteiger partial charge in [-0.3, -0.25) is 0 Å². The van der Waals surface area contributed by atoms with Gasteiger partial charge in [0.15, 0.2) is 0 Å². The van der Waals surface area contributed by atoms with E-state index in [0.29, 0.717) is 22.2 Å². The number of anilines is 1. The minimum atomic E-state index is 0.558. The second-order valence-corrected chi connectivity index (χ2v) is 6.96. The maximum Gasteiger partial charge on any atom is 0.143 e. The first-order valence-corrected chi connectivity index (χ1v) is 9.45. The maximum absolute atomic E-state index is 6.34. The van der Waals surface area contributed by atoms with Gasteiger partial charge in [-0.25, -0.2) is 0 Å². The Balaban J connectivity index is 1.92. The van der Waals surface area contributed by atoms with Gasteiger partial charge in [-0.15, -0.1) is 0 Å². The van der Waals surface area contributed by atoms with E-state index >= 15 is 0 Å². The molecule has 0 unspecified atom stereocenters. The monoisotopic (exact) mass is 405 g/mol. The molecule has 0 saturated heterocycles. The molecular formula is C24H20ClNO3. The van der Waals surface area contributed by atoms with Crippen LogP contribution in [0.15, 0.2) is 72.8 Å². The summed E-state index contributed by atoms with van der Waals surface area (Å²) in [5, 5.41) is 2.54. The van der Waals surface area contributed by atoms with E-state index in [0.717, 1.165) is 33.4 Å². The number of nitrogen functional groups attached to an aromatic ring is 1. The number of hydrogen-bond donors (Lipinski definition) is 1. The van der Waals surface area contributed by atoms with Crippen LogP contribution in [0.2, 0.25) is 5.02 Å². The molecule has 0 aliphatic rings. The average molecular weight is 406 g/mol. The third-order valence-corrected chi connectivity index (χ3v) is 5.05. The molecule has 0 radical (unpaired) electrons. The summed E-state index contributed by atoms with van der Waals surface area (Å²) in [4.78, 5) is 0. The normalized spacial score (nSPS) is 10.7. The highest BCUT2D eigenvalue weighted by Crippen LogP contribution is 2.42. The van der Waals surface area contributed by atoms with Gasteiger partial charge in [0, 0.05) is 16.6 Å². The molecule has 0 bridgehead atoms. The van der Waals surface area contributed by atoms with E-state index in [1.54, 1.807) is 14.2 Å². The smallest absolute Gasteiger partial charge is 0.143 e. The molecule has 4 aromatic carbocycles. The molecule has 0 aliphatic carbocycles. The Bertz CT molecular complexity index is 1170. The zero-order chi connectivity index (χ0) is 20.4. The Morgan fingerprint density at radius 2 is 1.52 bits per heavy atom. The van der Waals surface area contributed by atoms with Gasteiger partial charge in [0.2, 0.25) is 0 Å². The van der Waals surface area contributed by atoms with Gasteiger partial charge in [-0.1, -0.05) is 23.7 Å². The van der Waals surface area contributed by atoms with Crippen molar-refractivity contribution in [1.82, 2.24) is 0 Å². The number of benzene rings is 4. The van der Waals surface area contributed by atoms with Crippen LogP contribution < -0.4 is 19.9 Å². The zero-order valence-electron chi connectivity index (χ0n) is 16.1. The molecule has 0 saturated carbocycles. The van der Waals surface area contributed by atoms with Crippen LogP contribution in [0.4, 0.5) is 5.69 Å². The molecule has 0 amide bonds. The zero-order valence-corrected chi connectivity index (χ0v) is 16.9. The number of rotatable bonds is 5. The molecule has 146 valence electrons. The molecule has 0 atom stereocenters. The number of methoxy groups -OCH3 is 2. The SMILES string of the molecule is COc1ccc2c(Oc3ccc(N)cc3)c(-c3ccc(Cl)c(OC)c3)ccc2c1. The molecule has 2 N–H and O–H groups in total. The highest BCUT2D eigenvalue weighted by molar-refractivity contribution is 6.32. The van der Waals surface area contributed by atoms with Gasteiger partial charge >= 0.3 is 0 Å². The van der Waals surface area contributed by atoms with E-state index in [9.17, 15) is 0 Å². The lowest BCUT2D eigenvalue weighted by atomic mass is 9.99. The van der Waals surface area contributed by atoms with Crippen molar-refractivity contribution in [3.05, 3.63) is 77.8 Å². The van der Waals surface area contributed by atoms with E-state index in [1.807, 2.05) is 72.8 Å². The molecule has 0 heterocycles. The third kappa shape index (κ3) is 3.80. The largest absolute Gasteiger partial charge is 0.497 e. The maximum atomic E-state index is 6.34. The van der Waals surface area contributed by atoms with Crippen molar-refractivity contribution >= 4 is 28.1 Å². The fourth-order valence-electron chi connectivity index (χ4n) is 3.22. The van der Waals surface area contributed by atoms with Crippen LogP contribution in [0.1, 0.15) is 0 Å². The van der Waals surface area contributed by atoms with Gasteiger partial charge in [-0.2, -0.15) is 0 Å². The first kappa shape index (κ1) is 19.0. The summed E-state index contributed by atoms with van der Waals surface area (Å²) in [6.45, 7) is 0. The van der Waals surface area contributed by atoms with Crippen LogP contribution in [0.3, 0.4) is 0 Å². The molecule has 0 aromatic heterocycles. The van der Waals surface area contributed by atoms with Crippen LogP contribution in [0, 0.1) is 0 Å². The van der Waals surface area contributed by atoms with Gasteiger partial charge in [0.1, 0.15) is 23.0 Å². The standard InChI is InChI=1S/C24H20ClNO3/c1-27-19-9-11-21-15(13-19)3-10-20(16-4-12-22(25)23(14-16)28-2)24(21)29-18-7-5-17(26)6-8-18/h3-14H,26H2,1-2H3. The Morgan fingerprint density at radius 1 is 0.759 bits per heavy atom. The van der Waals surface area contributed by atoms with Crippen LogP contribution in [0.25, 0.3) is 21.9 Å². The fourth-order valence-corrected chi connectivity index (χ4v) is 3.42. The first-order chi connectivity index (χ1) is 14.1. The molecule has 29 heavy (non-hydrogen) atoms. The molecule has 0 fully saturated rings. The first-order valence-electron chi connectivity index (χ1n) is 9.07. The van der Waals surface area contributed by atoms with Crippen molar-refractivity contribution in [3.63, 3.8) is 0 Å². The van der Waals surface area contributed by atoms with Crippen molar-refractivity contribution in [2.45, 2.75) is 0 Å². The van der Waals surface area contributed by atoms with E-state index in [2.05, 4.69) is 0 Å². The van der Waals surface area contributed by atoms with Crippen LogP contribution in [-0.4, -0.2) is 14.2 Å². The summed E-state index contributed by atoms with van der Waals surface area (Å²) in [5.41, 5.74) is 8.36. The summed E-state index contributed by atoms with van der Waals surface area (Å²) in [6, 6.07) is 23.0. The predicted octanol–water partition coefficient (Wildman–Crippen LogP) is 6.55. The summed E-state index contributed by atoms with van der Waals surface area (Å²) >= 11 is 6.21. The van der Waals surface area contributed by atoms with Crippen molar-refractivity contribution in [2.75, 3.05) is 20.0 Å². The third-order valence-electron chi connectivity index (χ3n) is 4.74. The van der Waals surface area contributed by atoms with Crippen molar-refractivity contribution in [1.29, 1.82) is 0 Å². The van der Waals surface area contributed by atoms with E-state index in [-0.39, 0.29) is 0 Å². The molecule has 4 nitrogen and oxygen atoms in total. The van der Waals surface area contributed by atoms with Crippen LogP contribution >= 0.6 is 11.6 Å². The Morgan fingerprint density at radius 3 is 2.24 bits per heavy atom. The minimum Gasteiger partial charge on any atom is -0.497 e. The molecule has 4 rings (SSSR count). The number of halogens is 1. The summed E-state index contributed by atoms with van der Waals surface area (Å²) in [5.74, 6) is 2.83. The minimum absolute atomic E-state index is 0.558. The second-order valence-electron chi connectivity index (χ2n) is 6.55. The lowest BCUT2D eigenvalue weighted by Crippen LogP contribution is -1.93. The molecular weight excluding hydrogens is 386 g/mol. The quantitative estimate of drug-likeness (QED) is 0.382. The number of hydrogen-bond acceptors (Lipinski definition) is 4. The number of nitrogens with two attached hydrogens (primary N) is 1.